The lowest BCUT2D eigenvalue weighted by Crippen LogP contribution is -2.45. The van der Waals surface area contributed by atoms with Gasteiger partial charge >= 0.3 is 6.03 Å². The maximum absolute atomic E-state index is 15.0. The van der Waals surface area contributed by atoms with Gasteiger partial charge < -0.3 is 15.0 Å². The number of amides is 2. The summed E-state index contributed by atoms with van der Waals surface area (Å²) in [5.74, 6) is -1.27. The molecular formula is C24H19ClF5N5O3. The van der Waals surface area contributed by atoms with E-state index >= 15 is 4.39 Å². The third-order valence-corrected chi connectivity index (χ3v) is 6.84. The van der Waals surface area contributed by atoms with Crippen LogP contribution in [0.4, 0.5) is 32.4 Å². The molecule has 0 unspecified atom stereocenters. The molecule has 5 rings (SSSR count). The van der Waals surface area contributed by atoms with Crippen molar-refractivity contribution in [3.63, 3.8) is 0 Å². The van der Waals surface area contributed by atoms with Gasteiger partial charge in [-0.3, -0.25) is 4.79 Å². The van der Waals surface area contributed by atoms with E-state index in [1.165, 1.54) is 18.2 Å². The highest BCUT2D eigenvalue weighted by atomic mass is 35.5. The van der Waals surface area contributed by atoms with Gasteiger partial charge in [-0.25, -0.2) is 36.8 Å². The number of halogens is 6. The highest BCUT2D eigenvalue weighted by molar-refractivity contribution is 6.33. The minimum atomic E-state index is -3.42. The van der Waals surface area contributed by atoms with Crippen molar-refractivity contribution in [2.24, 2.45) is 0 Å². The number of nitrogens with one attached hydrogen (secondary N) is 2. The van der Waals surface area contributed by atoms with Gasteiger partial charge in [-0.2, -0.15) is 5.10 Å². The summed E-state index contributed by atoms with van der Waals surface area (Å²) in [5.41, 5.74) is 1.33. The molecule has 2 atom stereocenters. The van der Waals surface area contributed by atoms with E-state index in [4.69, 9.17) is 11.6 Å². The summed E-state index contributed by atoms with van der Waals surface area (Å²) in [6.45, 7) is 0. The van der Waals surface area contributed by atoms with Gasteiger partial charge in [-0.1, -0.05) is 11.6 Å². The number of alkyl halides is 4. The van der Waals surface area contributed by atoms with Crippen molar-refractivity contribution in [2.75, 3.05) is 5.32 Å². The molecule has 1 fully saturated rings. The highest BCUT2D eigenvalue weighted by Crippen LogP contribution is 2.43. The van der Waals surface area contributed by atoms with E-state index in [0.29, 0.717) is 25.0 Å². The summed E-state index contributed by atoms with van der Waals surface area (Å²) >= 11 is 6.33. The Morgan fingerprint density at radius 1 is 1.16 bits per heavy atom. The number of hydrogen-bond donors (Lipinski definition) is 2. The lowest BCUT2D eigenvalue weighted by atomic mass is 9.99. The van der Waals surface area contributed by atoms with Gasteiger partial charge in [0.2, 0.25) is 12.0 Å². The lowest BCUT2D eigenvalue weighted by Gasteiger charge is -2.35. The Hall–Kier alpha value is -3.74. The van der Waals surface area contributed by atoms with Gasteiger partial charge in [-0.05, 0) is 43.0 Å². The molecule has 2 aliphatic heterocycles. The van der Waals surface area contributed by atoms with Crippen LogP contribution in [0.5, 0.6) is 5.88 Å². The van der Waals surface area contributed by atoms with Crippen molar-refractivity contribution < 1.29 is 31.5 Å². The Morgan fingerprint density at radius 2 is 1.92 bits per heavy atom. The number of hydrogen-bond acceptors (Lipinski definition) is 5. The zero-order chi connectivity index (χ0) is 27.1. The number of ether oxygens (including phenoxy) is 1. The summed E-state index contributed by atoms with van der Waals surface area (Å²) in [6, 6.07) is 5.06. The smallest absolute Gasteiger partial charge is 0.322 e. The van der Waals surface area contributed by atoms with Crippen LogP contribution in [-0.2, 0) is 6.42 Å². The second-order valence-electron chi connectivity index (χ2n) is 8.88. The molecule has 3 aromatic rings. The fraction of sp³-hybridized carbons (Fsp3) is 0.333. The molecule has 0 saturated carbocycles. The average molecular weight is 556 g/mol. The molecule has 2 aromatic heterocycles. The van der Waals surface area contributed by atoms with Crippen molar-refractivity contribution in [3.05, 3.63) is 69.0 Å². The van der Waals surface area contributed by atoms with Crippen LogP contribution in [0.1, 0.15) is 30.1 Å². The molecule has 2 aliphatic rings. The molecule has 200 valence electrons. The number of benzene rings is 1. The first-order valence-corrected chi connectivity index (χ1v) is 11.9. The third kappa shape index (κ3) is 4.89. The molecule has 1 aromatic carbocycles. The molecule has 38 heavy (non-hydrogen) atoms. The van der Waals surface area contributed by atoms with Crippen LogP contribution in [0, 0.1) is 5.82 Å². The normalized spacial score (nSPS) is 18.3. The van der Waals surface area contributed by atoms with Crippen LogP contribution >= 0.6 is 11.6 Å². The van der Waals surface area contributed by atoms with Crippen molar-refractivity contribution in [2.45, 2.75) is 50.3 Å². The number of carbonyl (C=O) groups excluding carboxylic acids is 1. The first-order chi connectivity index (χ1) is 18.1. The van der Waals surface area contributed by atoms with E-state index in [1.807, 2.05) is 0 Å². The molecule has 0 aliphatic carbocycles. The van der Waals surface area contributed by atoms with E-state index in [-0.39, 0.29) is 39.5 Å². The number of fused-ring (bicyclic) bond motifs is 4. The summed E-state index contributed by atoms with van der Waals surface area (Å²) in [5, 5.41) is 9.09. The maximum atomic E-state index is 15.0. The van der Waals surface area contributed by atoms with Gasteiger partial charge in [-0.15, -0.1) is 0 Å². The molecule has 1 saturated heterocycles. The van der Waals surface area contributed by atoms with Crippen LogP contribution in [0.25, 0.3) is 11.1 Å². The van der Waals surface area contributed by atoms with Crippen molar-refractivity contribution in [1.82, 2.24) is 20.1 Å². The summed E-state index contributed by atoms with van der Waals surface area (Å²) < 4.78 is 70.4. The number of anilines is 1. The second kappa shape index (κ2) is 10.2. The number of aromatic nitrogens is 3. The Kier molecular flexibility index (Phi) is 6.95. The molecule has 2 bridgehead atoms. The standard InChI is InChI=1S/C24H19ClF5N5O3/c25-14-8-16(32-24(37)35-12-2-3-17(35)20-11(5-12)6-18(36)33-34-20)15(26)7-13(14)10-1-4-19(31-9-10)38-21(22(27)28)23(29)30/h1,4,6-9,12,17,21-23H,2-3,5H2,(H,32,37)(H,33,36)/t12-,17+/m0/s1. The van der Waals surface area contributed by atoms with Crippen LogP contribution in [0.3, 0.4) is 0 Å². The summed E-state index contributed by atoms with van der Waals surface area (Å²) in [6.07, 6.45) is -6.56. The van der Waals surface area contributed by atoms with Gasteiger partial charge in [0, 0.05) is 35.5 Å². The Labute approximate surface area is 216 Å². The molecular weight excluding hydrogens is 537 g/mol. The van der Waals surface area contributed by atoms with Crippen LogP contribution in [-0.4, -0.2) is 51.1 Å². The number of rotatable bonds is 6. The Balaban J connectivity index is 1.32. The maximum Gasteiger partial charge on any atom is 0.322 e. The molecule has 0 spiro atoms. The van der Waals surface area contributed by atoms with Gasteiger partial charge in [0.1, 0.15) is 5.82 Å². The molecule has 2 amide bonds. The average Bonchev–Trinajstić information content (AvgIpc) is 3.19. The molecule has 0 radical (unpaired) electrons. The van der Waals surface area contributed by atoms with Crippen LogP contribution < -0.4 is 15.6 Å². The predicted molar refractivity (Wildman–Crippen MR) is 126 cm³/mol. The lowest BCUT2D eigenvalue weighted by molar-refractivity contribution is -0.0781. The zero-order valence-electron chi connectivity index (χ0n) is 19.3. The predicted octanol–water partition coefficient (Wildman–Crippen LogP) is 5.20. The number of pyridine rings is 1. The zero-order valence-corrected chi connectivity index (χ0v) is 20.1. The van der Waals surface area contributed by atoms with Crippen LogP contribution in [0.15, 0.2) is 41.3 Å². The highest BCUT2D eigenvalue weighted by Gasteiger charge is 2.44. The van der Waals surface area contributed by atoms with Crippen molar-refractivity contribution in [3.8, 4) is 17.0 Å². The van der Waals surface area contributed by atoms with E-state index in [0.717, 1.165) is 23.9 Å². The van der Waals surface area contributed by atoms with E-state index < -0.39 is 36.7 Å². The first-order valence-electron chi connectivity index (χ1n) is 11.5. The molecule has 2 N–H and O–H groups in total. The number of H-pyrrole nitrogens is 1. The Bertz CT molecular complexity index is 1410. The van der Waals surface area contributed by atoms with E-state index in [2.05, 4.69) is 25.2 Å². The largest absolute Gasteiger partial charge is 0.462 e. The number of aromatic amines is 1. The fourth-order valence-corrected chi connectivity index (χ4v) is 5.09. The van der Waals surface area contributed by atoms with Gasteiger partial charge in [0.15, 0.2) is 0 Å². The van der Waals surface area contributed by atoms with Gasteiger partial charge in [0.25, 0.3) is 18.4 Å². The fourth-order valence-electron chi connectivity index (χ4n) is 4.82. The number of carbonyl (C=O) groups is 1. The number of nitrogens with zero attached hydrogens (tertiary/aromatic N) is 3. The molecule has 14 heteroatoms. The van der Waals surface area contributed by atoms with E-state index in [1.54, 1.807) is 4.90 Å². The van der Waals surface area contributed by atoms with Crippen molar-refractivity contribution >= 4 is 23.3 Å². The third-order valence-electron chi connectivity index (χ3n) is 6.53. The van der Waals surface area contributed by atoms with Crippen LogP contribution in [0.2, 0.25) is 5.02 Å². The van der Waals surface area contributed by atoms with E-state index in [9.17, 15) is 27.2 Å². The Morgan fingerprint density at radius 3 is 2.61 bits per heavy atom. The SMILES string of the molecule is O=C(Nc1cc(Cl)c(-c2ccc(OC(C(F)F)C(F)F)nc2)cc1F)N1[C@H]2CC[C@@H]1c1n[nH]c(=O)cc1C2. The minimum absolute atomic E-state index is 0.0430. The monoisotopic (exact) mass is 555 g/mol. The quantitative estimate of drug-likeness (QED) is 0.408. The summed E-state index contributed by atoms with van der Waals surface area (Å²) in [4.78, 5) is 30.1. The molecule has 4 heterocycles. The number of urea groups is 1. The second-order valence-corrected chi connectivity index (χ2v) is 9.29. The minimum Gasteiger partial charge on any atom is -0.462 e. The topological polar surface area (TPSA) is 100 Å². The molecule has 8 nitrogen and oxygen atoms in total. The summed E-state index contributed by atoms with van der Waals surface area (Å²) in [7, 11) is 0. The van der Waals surface area contributed by atoms with Gasteiger partial charge in [0.05, 0.1) is 22.4 Å². The first kappa shape index (κ1) is 25.9. The van der Waals surface area contributed by atoms with Crippen molar-refractivity contribution in [1.29, 1.82) is 0 Å².